The Morgan fingerprint density at radius 3 is 2.21 bits per heavy atom. The van der Waals surface area contributed by atoms with Crippen molar-refractivity contribution in [3.05, 3.63) is 53.6 Å². The highest BCUT2D eigenvalue weighted by atomic mass is 32.2. The van der Waals surface area contributed by atoms with Crippen molar-refractivity contribution < 1.29 is 17.9 Å². The summed E-state index contributed by atoms with van der Waals surface area (Å²) < 4.78 is 33.6. The fourth-order valence-corrected chi connectivity index (χ4v) is 6.13. The third-order valence-corrected chi connectivity index (χ3v) is 8.93. The molecule has 33 heavy (non-hydrogen) atoms. The van der Waals surface area contributed by atoms with E-state index in [1.54, 1.807) is 23.9 Å². The lowest BCUT2D eigenvalue weighted by atomic mass is 9.96. The van der Waals surface area contributed by atoms with E-state index in [2.05, 4.69) is 17.4 Å². The molecular weight excluding hydrogens is 456 g/mol. The summed E-state index contributed by atoms with van der Waals surface area (Å²) in [5.41, 5.74) is 2.00. The van der Waals surface area contributed by atoms with Gasteiger partial charge in [0.2, 0.25) is 15.9 Å². The Morgan fingerprint density at radius 2 is 1.67 bits per heavy atom. The molecule has 1 fully saturated rings. The van der Waals surface area contributed by atoms with Crippen molar-refractivity contribution in [3.63, 3.8) is 0 Å². The van der Waals surface area contributed by atoms with E-state index in [4.69, 9.17) is 4.74 Å². The first-order valence-electron chi connectivity index (χ1n) is 11.3. The Kier molecular flexibility index (Phi) is 8.48. The summed E-state index contributed by atoms with van der Waals surface area (Å²) in [5, 5.41) is 3.09. The van der Waals surface area contributed by atoms with Gasteiger partial charge in [0.05, 0.1) is 13.2 Å². The molecule has 0 aliphatic carbocycles. The van der Waals surface area contributed by atoms with Crippen molar-refractivity contribution in [2.45, 2.75) is 55.4 Å². The van der Waals surface area contributed by atoms with Crippen LogP contribution in [0.25, 0.3) is 0 Å². The number of hydrogen-bond acceptors (Lipinski definition) is 5. The summed E-state index contributed by atoms with van der Waals surface area (Å²) in [4.78, 5) is 14.2. The second kappa shape index (κ2) is 10.9. The first-order valence-corrected chi connectivity index (χ1v) is 14.0. The van der Waals surface area contributed by atoms with Gasteiger partial charge in [0.25, 0.3) is 0 Å². The Bertz CT molecular complexity index is 1060. The molecule has 1 N–H and O–H groups in total. The van der Waals surface area contributed by atoms with Gasteiger partial charge in [-0.1, -0.05) is 32.0 Å². The van der Waals surface area contributed by atoms with E-state index in [-0.39, 0.29) is 28.7 Å². The number of nitrogens with one attached hydrogen (secondary N) is 1. The maximum Gasteiger partial charge on any atom is 0.246 e. The lowest BCUT2D eigenvalue weighted by Gasteiger charge is -2.31. The highest BCUT2D eigenvalue weighted by Crippen LogP contribution is 2.32. The van der Waals surface area contributed by atoms with E-state index >= 15 is 0 Å². The maximum atomic E-state index is 13.4. The zero-order chi connectivity index (χ0) is 24.2. The molecule has 2 aromatic carbocycles. The van der Waals surface area contributed by atoms with Crippen LogP contribution in [0.4, 0.5) is 0 Å². The first-order chi connectivity index (χ1) is 15.7. The number of carbonyl (C=O) groups excluding carboxylic acids is 1. The molecule has 6 nitrogen and oxygen atoms in total. The minimum Gasteiger partial charge on any atom is -0.495 e. The fraction of sp³-hybridized carbons (Fsp3) is 0.480. The topological polar surface area (TPSA) is 75.7 Å². The van der Waals surface area contributed by atoms with Crippen LogP contribution in [0, 0.1) is 5.92 Å². The number of piperidine rings is 1. The largest absolute Gasteiger partial charge is 0.495 e. The lowest BCUT2D eigenvalue weighted by molar-refractivity contribution is -0.126. The van der Waals surface area contributed by atoms with Crippen molar-refractivity contribution >= 4 is 27.7 Å². The summed E-state index contributed by atoms with van der Waals surface area (Å²) in [6.45, 7) is 6.65. The number of amides is 1. The smallest absolute Gasteiger partial charge is 0.246 e. The first kappa shape index (κ1) is 25.6. The average molecular weight is 491 g/mol. The number of rotatable bonds is 8. The van der Waals surface area contributed by atoms with Gasteiger partial charge < -0.3 is 10.1 Å². The Morgan fingerprint density at radius 1 is 1.06 bits per heavy atom. The molecule has 1 aliphatic rings. The van der Waals surface area contributed by atoms with Crippen LogP contribution in [0.2, 0.25) is 0 Å². The summed E-state index contributed by atoms with van der Waals surface area (Å²) >= 11 is 1.68. The van der Waals surface area contributed by atoms with Gasteiger partial charge >= 0.3 is 0 Å². The van der Waals surface area contributed by atoms with E-state index in [0.717, 1.165) is 11.1 Å². The minimum absolute atomic E-state index is 0.0205. The Balaban J connectivity index is 1.65. The molecule has 2 aromatic rings. The third-order valence-electron chi connectivity index (χ3n) is 6.27. The van der Waals surface area contributed by atoms with Crippen LogP contribution in [-0.4, -0.2) is 45.1 Å². The van der Waals surface area contributed by atoms with E-state index in [1.165, 1.54) is 16.3 Å². The number of carbonyl (C=O) groups is 1. The Labute approximate surface area is 202 Å². The number of nitrogens with zero attached hydrogens (tertiary/aromatic N) is 1. The molecule has 1 saturated heterocycles. The van der Waals surface area contributed by atoms with Crippen molar-refractivity contribution in [2.24, 2.45) is 5.92 Å². The monoisotopic (exact) mass is 490 g/mol. The van der Waals surface area contributed by atoms with Gasteiger partial charge in [0.15, 0.2) is 0 Å². The zero-order valence-electron chi connectivity index (χ0n) is 20.0. The molecule has 0 aromatic heterocycles. The van der Waals surface area contributed by atoms with Gasteiger partial charge in [-0.25, -0.2) is 8.42 Å². The molecule has 0 saturated carbocycles. The lowest BCUT2D eigenvalue weighted by Crippen LogP contribution is -2.43. The molecular formula is C25H34N2O4S2. The van der Waals surface area contributed by atoms with Crippen LogP contribution in [-0.2, 0) is 14.8 Å². The predicted octanol–water partition coefficient (Wildman–Crippen LogP) is 4.82. The second-order valence-corrected chi connectivity index (χ2v) is 11.5. The number of benzene rings is 2. The molecule has 3 rings (SSSR count). The molecule has 0 radical (unpaired) electrons. The molecule has 1 heterocycles. The molecule has 0 bridgehead atoms. The van der Waals surface area contributed by atoms with E-state index in [0.29, 0.717) is 31.7 Å². The average Bonchev–Trinajstić information content (AvgIpc) is 2.83. The van der Waals surface area contributed by atoms with Crippen LogP contribution in [0.3, 0.4) is 0 Å². The van der Waals surface area contributed by atoms with Crippen molar-refractivity contribution in [2.75, 3.05) is 26.5 Å². The van der Waals surface area contributed by atoms with Crippen LogP contribution in [0.1, 0.15) is 56.7 Å². The van der Waals surface area contributed by atoms with Gasteiger partial charge in [-0.15, -0.1) is 11.8 Å². The molecule has 1 atom stereocenters. The quantitative estimate of drug-likeness (QED) is 0.537. The van der Waals surface area contributed by atoms with Gasteiger partial charge in [-0.3, -0.25) is 4.79 Å². The number of ether oxygens (including phenoxy) is 1. The van der Waals surface area contributed by atoms with Crippen LogP contribution in [0.5, 0.6) is 5.75 Å². The van der Waals surface area contributed by atoms with Crippen LogP contribution < -0.4 is 10.1 Å². The minimum atomic E-state index is -3.71. The highest BCUT2D eigenvalue weighted by Gasteiger charge is 2.34. The fourth-order valence-electron chi connectivity index (χ4n) is 4.06. The second-order valence-electron chi connectivity index (χ2n) is 8.75. The summed E-state index contributed by atoms with van der Waals surface area (Å²) in [7, 11) is -2.23. The van der Waals surface area contributed by atoms with Crippen LogP contribution in [0.15, 0.2) is 52.3 Å². The number of thioether (sulfide) groups is 1. The molecule has 180 valence electrons. The molecule has 0 unspecified atom stereocenters. The molecule has 0 spiro atoms. The third kappa shape index (κ3) is 5.91. The predicted molar refractivity (Wildman–Crippen MR) is 133 cm³/mol. The van der Waals surface area contributed by atoms with Gasteiger partial charge in [0, 0.05) is 23.9 Å². The van der Waals surface area contributed by atoms with Gasteiger partial charge in [-0.05, 0) is 67.3 Å². The summed E-state index contributed by atoms with van der Waals surface area (Å²) in [6, 6.07) is 13.4. The SMILES string of the molecule is COc1ccc(C(C)C)cc1S(=O)(=O)N1CCC(C(=O)N[C@H](C)c2ccc(SC)cc2)CC1. The van der Waals surface area contributed by atoms with Crippen molar-refractivity contribution in [1.29, 1.82) is 0 Å². The standard InChI is InChI=1S/C25H34N2O4S2/c1-17(2)21-8-11-23(31-4)24(16-21)33(29,30)27-14-12-20(13-15-27)25(28)26-18(3)19-6-9-22(32-5)10-7-19/h6-11,16-18,20H,12-15H2,1-5H3,(H,26,28)/t18-/m1/s1. The van der Waals surface area contributed by atoms with E-state index < -0.39 is 10.0 Å². The molecule has 8 heteroatoms. The van der Waals surface area contributed by atoms with Crippen molar-refractivity contribution in [1.82, 2.24) is 9.62 Å². The van der Waals surface area contributed by atoms with Gasteiger partial charge in [-0.2, -0.15) is 4.31 Å². The molecule has 1 amide bonds. The normalized spacial score (nSPS) is 16.5. The van der Waals surface area contributed by atoms with Gasteiger partial charge in [0.1, 0.15) is 10.6 Å². The molecule has 1 aliphatic heterocycles. The highest BCUT2D eigenvalue weighted by molar-refractivity contribution is 7.98. The number of methoxy groups -OCH3 is 1. The Hall–Kier alpha value is -2.03. The van der Waals surface area contributed by atoms with E-state index in [1.807, 2.05) is 45.2 Å². The zero-order valence-corrected chi connectivity index (χ0v) is 21.6. The number of hydrogen-bond donors (Lipinski definition) is 1. The van der Waals surface area contributed by atoms with Crippen molar-refractivity contribution in [3.8, 4) is 5.75 Å². The maximum absolute atomic E-state index is 13.4. The summed E-state index contributed by atoms with van der Waals surface area (Å²) in [5.74, 6) is 0.333. The van der Waals surface area contributed by atoms with Crippen LogP contribution >= 0.6 is 11.8 Å². The number of sulfonamides is 1. The summed E-state index contributed by atoms with van der Waals surface area (Å²) in [6.07, 6.45) is 3.02. The van der Waals surface area contributed by atoms with E-state index in [9.17, 15) is 13.2 Å².